The van der Waals surface area contributed by atoms with Gasteiger partial charge in [-0.1, -0.05) is 12.1 Å². The molecule has 118 valence electrons. The molecule has 0 aliphatic rings. The number of furan rings is 1. The van der Waals surface area contributed by atoms with E-state index < -0.39 is 13.0 Å². The molecule has 0 atom stereocenters. The Morgan fingerprint density at radius 1 is 1.18 bits per heavy atom. The number of nitrogens with one attached hydrogen (secondary N) is 2. The summed E-state index contributed by atoms with van der Waals surface area (Å²) in [6.45, 7) is -0.0228. The van der Waals surface area contributed by atoms with Crippen LogP contribution in [0.5, 0.6) is 5.75 Å². The second-order valence-corrected chi connectivity index (χ2v) is 4.52. The average Bonchev–Trinajstić information content (AvgIpc) is 3.03. The Labute approximate surface area is 126 Å². The predicted molar refractivity (Wildman–Crippen MR) is 75.7 cm³/mol. The van der Waals surface area contributed by atoms with Gasteiger partial charge in [0, 0.05) is 18.7 Å². The number of amides is 2. The third kappa shape index (κ3) is 5.43. The van der Waals surface area contributed by atoms with E-state index in [4.69, 9.17) is 9.15 Å². The molecule has 0 saturated heterocycles. The normalized spacial score (nSPS) is 10.5. The molecule has 1 aromatic heterocycles. The van der Waals surface area contributed by atoms with Crippen LogP contribution < -0.4 is 15.4 Å². The molecule has 0 saturated carbocycles. The van der Waals surface area contributed by atoms with Crippen molar-refractivity contribution < 1.29 is 22.7 Å². The van der Waals surface area contributed by atoms with E-state index in [1.54, 1.807) is 36.6 Å². The maximum absolute atomic E-state index is 12.1. The van der Waals surface area contributed by atoms with Gasteiger partial charge < -0.3 is 19.8 Å². The Balaban J connectivity index is 1.75. The monoisotopic (exact) mass is 310 g/mol. The van der Waals surface area contributed by atoms with Crippen LogP contribution in [0.15, 0.2) is 47.3 Å². The van der Waals surface area contributed by atoms with Crippen molar-refractivity contribution in [1.82, 2.24) is 10.6 Å². The lowest BCUT2D eigenvalue weighted by Crippen LogP contribution is -2.34. The lowest BCUT2D eigenvalue weighted by atomic mass is 10.2. The molecule has 0 radical (unpaired) electrons. The standard InChI is InChI=1S/C15H16F2N2O3/c16-14(17)10-22-13-3-1-2-11(6-13)7-18-15(20)19-8-12-4-5-21-9-12/h1-6,9,14H,7-8,10H2,(H2,18,19,20). The summed E-state index contributed by atoms with van der Waals surface area (Å²) < 4.78 is 34.0. The van der Waals surface area contributed by atoms with Crippen molar-refractivity contribution in [2.75, 3.05) is 6.61 Å². The Bertz CT molecular complexity index is 588. The van der Waals surface area contributed by atoms with E-state index in [1.807, 2.05) is 0 Å². The summed E-state index contributed by atoms with van der Waals surface area (Å²) in [5.41, 5.74) is 1.61. The van der Waals surface area contributed by atoms with Crippen LogP contribution >= 0.6 is 0 Å². The number of halogens is 2. The van der Waals surface area contributed by atoms with Crippen molar-refractivity contribution in [3.05, 3.63) is 54.0 Å². The zero-order valence-electron chi connectivity index (χ0n) is 11.7. The Kier molecular flexibility index (Phi) is 5.76. The SMILES string of the molecule is O=C(NCc1ccoc1)NCc1cccc(OCC(F)F)c1. The van der Waals surface area contributed by atoms with Crippen molar-refractivity contribution in [3.63, 3.8) is 0 Å². The van der Waals surface area contributed by atoms with E-state index in [0.29, 0.717) is 12.3 Å². The number of alkyl halides is 2. The molecule has 1 aromatic carbocycles. The van der Waals surface area contributed by atoms with Gasteiger partial charge in [0.2, 0.25) is 0 Å². The molecule has 2 amide bonds. The predicted octanol–water partition coefficient (Wildman–Crippen LogP) is 2.92. The number of carbonyl (C=O) groups is 1. The smallest absolute Gasteiger partial charge is 0.315 e. The first-order valence-electron chi connectivity index (χ1n) is 6.66. The van der Waals surface area contributed by atoms with Crippen molar-refractivity contribution in [3.8, 4) is 5.75 Å². The summed E-state index contributed by atoms with van der Waals surface area (Å²) in [7, 11) is 0. The maximum Gasteiger partial charge on any atom is 0.315 e. The first kappa shape index (κ1) is 15.8. The maximum atomic E-state index is 12.1. The van der Waals surface area contributed by atoms with Gasteiger partial charge in [-0.05, 0) is 23.8 Å². The summed E-state index contributed by atoms with van der Waals surface area (Å²) in [5, 5.41) is 5.34. The molecule has 0 bridgehead atoms. The molecular formula is C15H16F2N2O3. The van der Waals surface area contributed by atoms with Gasteiger partial charge >= 0.3 is 6.03 Å². The number of benzene rings is 1. The molecule has 7 heteroatoms. The fourth-order valence-corrected chi connectivity index (χ4v) is 1.72. The molecule has 0 aliphatic heterocycles. The molecule has 22 heavy (non-hydrogen) atoms. The van der Waals surface area contributed by atoms with Crippen LogP contribution in [-0.2, 0) is 13.1 Å². The van der Waals surface area contributed by atoms with Crippen molar-refractivity contribution >= 4 is 6.03 Å². The van der Waals surface area contributed by atoms with Gasteiger partial charge in [-0.15, -0.1) is 0 Å². The van der Waals surface area contributed by atoms with Crippen LogP contribution in [0.2, 0.25) is 0 Å². The lowest BCUT2D eigenvalue weighted by Gasteiger charge is -2.09. The molecule has 0 unspecified atom stereocenters. The highest BCUT2D eigenvalue weighted by Gasteiger charge is 2.05. The molecule has 0 fully saturated rings. The number of ether oxygens (including phenoxy) is 1. The van der Waals surface area contributed by atoms with E-state index in [1.165, 1.54) is 6.26 Å². The Morgan fingerprint density at radius 2 is 1.95 bits per heavy atom. The summed E-state index contributed by atoms with van der Waals surface area (Å²) in [5.74, 6) is 0.346. The highest BCUT2D eigenvalue weighted by molar-refractivity contribution is 5.73. The molecule has 0 aliphatic carbocycles. The van der Waals surface area contributed by atoms with Gasteiger partial charge in [-0.25, -0.2) is 13.6 Å². The minimum Gasteiger partial charge on any atom is -0.488 e. The van der Waals surface area contributed by atoms with E-state index in [-0.39, 0.29) is 12.6 Å². The van der Waals surface area contributed by atoms with Gasteiger partial charge in [0.05, 0.1) is 12.5 Å². The van der Waals surface area contributed by atoms with Crippen molar-refractivity contribution in [2.45, 2.75) is 19.5 Å². The third-order valence-electron chi connectivity index (χ3n) is 2.76. The topological polar surface area (TPSA) is 63.5 Å². The van der Waals surface area contributed by atoms with E-state index >= 15 is 0 Å². The van der Waals surface area contributed by atoms with Crippen LogP contribution in [0.1, 0.15) is 11.1 Å². The average molecular weight is 310 g/mol. The van der Waals surface area contributed by atoms with Crippen LogP contribution in [-0.4, -0.2) is 19.1 Å². The molecular weight excluding hydrogens is 294 g/mol. The van der Waals surface area contributed by atoms with Gasteiger partial charge in [-0.3, -0.25) is 0 Å². The number of hydrogen-bond acceptors (Lipinski definition) is 3. The summed E-state index contributed by atoms with van der Waals surface area (Å²) in [4.78, 5) is 11.6. The van der Waals surface area contributed by atoms with Gasteiger partial charge in [-0.2, -0.15) is 0 Å². The second kappa shape index (κ2) is 8.02. The van der Waals surface area contributed by atoms with Crippen molar-refractivity contribution in [2.24, 2.45) is 0 Å². The molecule has 2 N–H and O–H groups in total. The zero-order chi connectivity index (χ0) is 15.8. The summed E-state index contributed by atoms with van der Waals surface area (Å²) in [6.07, 6.45) is 0.555. The molecule has 2 rings (SSSR count). The second-order valence-electron chi connectivity index (χ2n) is 4.52. The number of hydrogen-bond donors (Lipinski definition) is 2. The summed E-state index contributed by atoms with van der Waals surface area (Å²) in [6, 6.07) is 8.07. The van der Waals surface area contributed by atoms with Gasteiger partial charge in [0.25, 0.3) is 6.43 Å². The summed E-state index contributed by atoms with van der Waals surface area (Å²) >= 11 is 0. The molecule has 2 aromatic rings. The Hall–Kier alpha value is -2.57. The fraction of sp³-hybridized carbons (Fsp3) is 0.267. The lowest BCUT2D eigenvalue weighted by molar-refractivity contribution is 0.0818. The van der Waals surface area contributed by atoms with Crippen LogP contribution in [0.4, 0.5) is 13.6 Å². The quantitative estimate of drug-likeness (QED) is 0.826. The van der Waals surface area contributed by atoms with E-state index in [9.17, 15) is 13.6 Å². The van der Waals surface area contributed by atoms with Gasteiger partial charge in [0.1, 0.15) is 12.4 Å². The van der Waals surface area contributed by atoms with Crippen LogP contribution in [0, 0.1) is 0 Å². The zero-order valence-corrected chi connectivity index (χ0v) is 11.7. The number of rotatable bonds is 7. The third-order valence-corrected chi connectivity index (χ3v) is 2.76. The first-order valence-corrected chi connectivity index (χ1v) is 6.66. The molecule has 1 heterocycles. The fourth-order valence-electron chi connectivity index (χ4n) is 1.72. The minimum absolute atomic E-state index is 0.267. The molecule has 5 nitrogen and oxygen atoms in total. The van der Waals surface area contributed by atoms with E-state index in [2.05, 4.69) is 10.6 Å². The number of urea groups is 1. The first-order chi connectivity index (χ1) is 10.6. The highest BCUT2D eigenvalue weighted by Crippen LogP contribution is 2.14. The minimum atomic E-state index is -2.52. The van der Waals surface area contributed by atoms with Crippen LogP contribution in [0.25, 0.3) is 0 Å². The van der Waals surface area contributed by atoms with E-state index in [0.717, 1.165) is 11.1 Å². The van der Waals surface area contributed by atoms with Crippen LogP contribution in [0.3, 0.4) is 0 Å². The number of carbonyl (C=O) groups excluding carboxylic acids is 1. The highest BCUT2D eigenvalue weighted by atomic mass is 19.3. The largest absolute Gasteiger partial charge is 0.488 e. The molecule has 0 spiro atoms. The Morgan fingerprint density at radius 3 is 2.64 bits per heavy atom. The van der Waals surface area contributed by atoms with Gasteiger partial charge in [0.15, 0.2) is 0 Å². The van der Waals surface area contributed by atoms with Crippen molar-refractivity contribution in [1.29, 1.82) is 0 Å².